The number of nitrogens with zero attached hydrogens (tertiary/aromatic N) is 1. The second kappa shape index (κ2) is 11.2. The molecule has 0 radical (unpaired) electrons. The molecule has 31 heavy (non-hydrogen) atoms. The Kier molecular flexibility index (Phi) is 8.35. The maximum absolute atomic E-state index is 14.6. The van der Waals surface area contributed by atoms with Crippen LogP contribution in [0.15, 0.2) is 43.0 Å². The molecule has 2 aromatic rings. The van der Waals surface area contributed by atoms with Gasteiger partial charge in [0.25, 0.3) is 0 Å². The molecule has 0 aliphatic heterocycles. The van der Waals surface area contributed by atoms with Crippen LogP contribution in [0, 0.1) is 40.6 Å². The van der Waals surface area contributed by atoms with Gasteiger partial charge in [0.15, 0.2) is 0 Å². The van der Waals surface area contributed by atoms with E-state index in [1.807, 2.05) is 12.1 Å². The second-order valence-corrected chi connectivity index (χ2v) is 8.76. The van der Waals surface area contributed by atoms with Gasteiger partial charge in [0, 0.05) is 0 Å². The Morgan fingerprint density at radius 3 is 2.03 bits per heavy atom. The van der Waals surface area contributed by atoms with Gasteiger partial charge in [-0.15, -0.1) is 6.58 Å². The van der Waals surface area contributed by atoms with Gasteiger partial charge in [-0.1, -0.05) is 43.9 Å². The van der Waals surface area contributed by atoms with E-state index in [0.29, 0.717) is 24.0 Å². The van der Waals surface area contributed by atoms with Crippen LogP contribution < -0.4 is 0 Å². The highest BCUT2D eigenvalue weighted by molar-refractivity contribution is 5.35. The van der Waals surface area contributed by atoms with Crippen molar-refractivity contribution in [3.63, 3.8) is 0 Å². The molecule has 0 bridgehead atoms. The van der Waals surface area contributed by atoms with Crippen molar-refractivity contribution in [3.05, 3.63) is 82.7 Å². The van der Waals surface area contributed by atoms with E-state index in [0.717, 1.165) is 48.8 Å². The molecule has 164 valence electrons. The van der Waals surface area contributed by atoms with Crippen LogP contribution in [0.3, 0.4) is 0 Å². The monoisotopic (exact) mass is 425 g/mol. The number of allylic oxidation sites excluding steroid dienone is 1. The molecule has 1 aliphatic carbocycles. The van der Waals surface area contributed by atoms with Crippen molar-refractivity contribution in [2.24, 2.45) is 11.8 Å². The zero-order valence-corrected chi connectivity index (χ0v) is 18.0. The van der Waals surface area contributed by atoms with Crippen molar-refractivity contribution in [3.8, 4) is 6.07 Å². The van der Waals surface area contributed by atoms with Crippen LogP contribution in [0.4, 0.5) is 13.2 Å². The predicted molar refractivity (Wildman–Crippen MR) is 118 cm³/mol. The Hall–Kier alpha value is -2.54. The molecule has 3 rings (SSSR count). The average molecular weight is 426 g/mol. The van der Waals surface area contributed by atoms with Crippen molar-refractivity contribution in [2.45, 2.75) is 64.2 Å². The topological polar surface area (TPSA) is 23.8 Å². The van der Waals surface area contributed by atoms with Gasteiger partial charge in [0.1, 0.15) is 29.1 Å². The standard InChI is InChI=1S/C27H30F3N/c1-2-3-4-19-5-7-20(8-6-19)9-10-21-11-13-23(25(28)15-21)14-12-22-16-26(29)24(18-31)27(30)17-22/h2,11,13,15-17,19-20H,1,3-10,12,14H2. The van der Waals surface area contributed by atoms with E-state index in [-0.39, 0.29) is 5.82 Å². The van der Waals surface area contributed by atoms with Gasteiger partial charge >= 0.3 is 0 Å². The molecule has 2 aromatic carbocycles. The van der Waals surface area contributed by atoms with Crippen molar-refractivity contribution < 1.29 is 13.2 Å². The number of aryl methyl sites for hydroxylation is 3. The summed E-state index contributed by atoms with van der Waals surface area (Å²) in [5.41, 5.74) is 1.38. The average Bonchev–Trinajstić information content (AvgIpc) is 2.76. The minimum Gasteiger partial charge on any atom is -0.207 e. The highest BCUT2D eigenvalue weighted by atomic mass is 19.1. The summed E-state index contributed by atoms with van der Waals surface area (Å²) in [6.45, 7) is 3.81. The summed E-state index contributed by atoms with van der Waals surface area (Å²) in [5, 5.41) is 8.75. The molecule has 0 unspecified atom stereocenters. The summed E-state index contributed by atoms with van der Waals surface area (Å²) in [5.74, 6) is -0.445. The highest BCUT2D eigenvalue weighted by Gasteiger charge is 2.20. The molecule has 0 N–H and O–H groups in total. The molecular weight excluding hydrogens is 395 g/mol. The molecule has 0 atom stereocenters. The Bertz CT molecular complexity index is 913. The number of hydrogen-bond acceptors (Lipinski definition) is 1. The molecular formula is C27H30F3N. The smallest absolute Gasteiger partial charge is 0.144 e. The fourth-order valence-corrected chi connectivity index (χ4v) is 4.64. The zero-order chi connectivity index (χ0) is 22.2. The summed E-state index contributed by atoms with van der Waals surface area (Å²) in [6, 6.07) is 9.17. The van der Waals surface area contributed by atoms with Crippen molar-refractivity contribution >= 4 is 0 Å². The van der Waals surface area contributed by atoms with E-state index in [1.54, 1.807) is 12.1 Å². The number of rotatable bonds is 9. The number of halogens is 3. The SMILES string of the molecule is C=CCCC1CCC(CCc2ccc(CCc3cc(F)c(C#N)c(F)c3)c(F)c2)CC1. The van der Waals surface area contributed by atoms with E-state index >= 15 is 0 Å². The molecule has 0 aromatic heterocycles. The molecule has 1 aliphatic rings. The van der Waals surface area contributed by atoms with Crippen molar-refractivity contribution in [1.82, 2.24) is 0 Å². The maximum Gasteiger partial charge on any atom is 0.144 e. The van der Waals surface area contributed by atoms with E-state index in [4.69, 9.17) is 5.26 Å². The fourth-order valence-electron chi connectivity index (χ4n) is 4.64. The summed E-state index contributed by atoms with van der Waals surface area (Å²) < 4.78 is 42.1. The molecule has 4 heteroatoms. The first kappa shape index (κ1) is 23.1. The van der Waals surface area contributed by atoms with Gasteiger partial charge in [-0.2, -0.15) is 5.26 Å². The van der Waals surface area contributed by atoms with E-state index < -0.39 is 17.2 Å². The Morgan fingerprint density at radius 1 is 0.839 bits per heavy atom. The van der Waals surface area contributed by atoms with E-state index in [9.17, 15) is 13.2 Å². The van der Waals surface area contributed by atoms with Crippen molar-refractivity contribution in [2.75, 3.05) is 0 Å². The lowest BCUT2D eigenvalue weighted by atomic mass is 9.78. The third kappa shape index (κ3) is 6.47. The fraction of sp³-hybridized carbons (Fsp3) is 0.444. The Morgan fingerprint density at radius 2 is 1.45 bits per heavy atom. The van der Waals surface area contributed by atoms with Gasteiger partial charge in [-0.3, -0.25) is 0 Å². The van der Waals surface area contributed by atoms with E-state index in [1.165, 1.54) is 38.2 Å². The van der Waals surface area contributed by atoms with Crippen LogP contribution in [-0.4, -0.2) is 0 Å². The summed E-state index contributed by atoms with van der Waals surface area (Å²) in [4.78, 5) is 0. The van der Waals surface area contributed by atoms with Crippen LogP contribution in [0.5, 0.6) is 0 Å². The third-order valence-corrected chi connectivity index (χ3v) is 6.60. The number of nitriles is 1. The van der Waals surface area contributed by atoms with Gasteiger partial charge in [0.2, 0.25) is 0 Å². The number of hydrogen-bond donors (Lipinski definition) is 0. The summed E-state index contributed by atoms with van der Waals surface area (Å²) in [7, 11) is 0. The van der Waals surface area contributed by atoms with E-state index in [2.05, 4.69) is 6.58 Å². The minimum atomic E-state index is -0.872. The second-order valence-electron chi connectivity index (χ2n) is 8.76. The molecule has 1 nitrogen and oxygen atoms in total. The first-order chi connectivity index (χ1) is 15.0. The zero-order valence-electron chi connectivity index (χ0n) is 18.0. The molecule has 0 heterocycles. The quantitative estimate of drug-likeness (QED) is 0.382. The van der Waals surface area contributed by atoms with Gasteiger partial charge < -0.3 is 0 Å². The predicted octanol–water partition coefficient (Wildman–Crippen LogP) is 7.47. The van der Waals surface area contributed by atoms with Crippen molar-refractivity contribution in [1.29, 1.82) is 5.26 Å². The first-order valence-electron chi connectivity index (χ1n) is 11.3. The lowest BCUT2D eigenvalue weighted by molar-refractivity contribution is 0.254. The van der Waals surface area contributed by atoms with Crippen LogP contribution in [0.1, 0.15) is 67.2 Å². The highest BCUT2D eigenvalue weighted by Crippen LogP contribution is 2.34. The van der Waals surface area contributed by atoms with Gasteiger partial charge in [-0.05, 0) is 85.3 Å². The summed E-state index contributed by atoms with van der Waals surface area (Å²) >= 11 is 0. The third-order valence-electron chi connectivity index (χ3n) is 6.60. The molecule has 0 amide bonds. The molecule has 0 spiro atoms. The van der Waals surface area contributed by atoms with Crippen LogP contribution in [0.2, 0.25) is 0 Å². The summed E-state index contributed by atoms with van der Waals surface area (Å²) in [6.07, 6.45) is 12.1. The van der Waals surface area contributed by atoms with Crippen LogP contribution in [0.25, 0.3) is 0 Å². The Balaban J connectivity index is 1.49. The Labute approximate surface area is 183 Å². The molecule has 0 saturated heterocycles. The largest absolute Gasteiger partial charge is 0.207 e. The van der Waals surface area contributed by atoms with Gasteiger partial charge in [-0.25, -0.2) is 13.2 Å². The van der Waals surface area contributed by atoms with Crippen LogP contribution >= 0.6 is 0 Å². The minimum absolute atomic E-state index is 0.264. The molecule has 1 saturated carbocycles. The molecule has 1 fully saturated rings. The lowest BCUT2D eigenvalue weighted by Gasteiger charge is -2.28. The van der Waals surface area contributed by atoms with Crippen LogP contribution in [-0.2, 0) is 19.3 Å². The lowest BCUT2D eigenvalue weighted by Crippen LogP contribution is -2.15. The first-order valence-corrected chi connectivity index (χ1v) is 11.3. The van der Waals surface area contributed by atoms with Gasteiger partial charge in [0.05, 0.1) is 0 Å². The maximum atomic E-state index is 14.6. The number of benzene rings is 2. The normalized spacial score (nSPS) is 18.5.